The van der Waals surface area contributed by atoms with E-state index in [4.69, 9.17) is 4.74 Å². The molecular formula is C23H29N3O. The lowest BCUT2D eigenvalue weighted by Gasteiger charge is -2.24. The van der Waals surface area contributed by atoms with Gasteiger partial charge in [0, 0.05) is 19.5 Å². The van der Waals surface area contributed by atoms with Crippen LogP contribution in [-0.4, -0.2) is 37.8 Å². The molecule has 142 valence electrons. The average Bonchev–Trinajstić information content (AvgIpc) is 3.35. The average molecular weight is 364 g/mol. The molecule has 0 aromatic heterocycles. The summed E-state index contributed by atoms with van der Waals surface area (Å²) in [6.07, 6.45) is 5.30. The molecule has 0 aliphatic carbocycles. The predicted octanol–water partition coefficient (Wildman–Crippen LogP) is 3.69. The van der Waals surface area contributed by atoms with Gasteiger partial charge in [0.25, 0.3) is 0 Å². The van der Waals surface area contributed by atoms with Crippen LogP contribution in [0.5, 0.6) is 0 Å². The number of hydrogen-bond donors (Lipinski definition) is 2. The number of nitrogens with one attached hydrogen (secondary N) is 2. The van der Waals surface area contributed by atoms with Crippen molar-refractivity contribution < 1.29 is 4.74 Å². The SMILES string of the molecule is CN=C(NCCC(c1ccccc1)c1ccccc1)NC1CC2CCC1O2. The molecule has 3 unspecified atom stereocenters. The van der Waals surface area contributed by atoms with E-state index in [1.807, 2.05) is 7.05 Å². The summed E-state index contributed by atoms with van der Waals surface area (Å²) in [5.74, 6) is 1.26. The molecule has 2 aromatic rings. The van der Waals surface area contributed by atoms with Gasteiger partial charge in [-0.05, 0) is 36.8 Å². The van der Waals surface area contributed by atoms with Crippen LogP contribution in [0.15, 0.2) is 65.7 Å². The summed E-state index contributed by atoms with van der Waals surface area (Å²) in [4.78, 5) is 4.42. The van der Waals surface area contributed by atoms with Crippen LogP contribution in [0.3, 0.4) is 0 Å². The van der Waals surface area contributed by atoms with Gasteiger partial charge in [-0.15, -0.1) is 0 Å². The number of fused-ring (bicyclic) bond motifs is 2. The molecule has 2 saturated heterocycles. The van der Waals surface area contributed by atoms with E-state index in [1.54, 1.807) is 0 Å². The van der Waals surface area contributed by atoms with E-state index in [2.05, 4.69) is 76.3 Å². The molecule has 2 aliphatic rings. The second-order valence-electron chi connectivity index (χ2n) is 7.52. The minimum absolute atomic E-state index is 0.356. The van der Waals surface area contributed by atoms with Crippen molar-refractivity contribution in [2.45, 2.75) is 49.9 Å². The highest BCUT2D eigenvalue weighted by Crippen LogP contribution is 2.34. The van der Waals surface area contributed by atoms with Crippen molar-refractivity contribution >= 4 is 5.96 Å². The fourth-order valence-corrected chi connectivity index (χ4v) is 4.39. The molecule has 4 heteroatoms. The number of ether oxygens (including phenoxy) is 1. The summed E-state index contributed by atoms with van der Waals surface area (Å²) >= 11 is 0. The summed E-state index contributed by atoms with van der Waals surface area (Å²) in [5, 5.41) is 7.07. The molecule has 0 spiro atoms. The lowest BCUT2D eigenvalue weighted by atomic mass is 9.88. The zero-order valence-corrected chi connectivity index (χ0v) is 16.0. The molecule has 0 radical (unpaired) electrons. The van der Waals surface area contributed by atoms with Crippen LogP contribution >= 0.6 is 0 Å². The van der Waals surface area contributed by atoms with E-state index in [1.165, 1.54) is 24.0 Å². The van der Waals surface area contributed by atoms with Crippen molar-refractivity contribution in [3.05, 3.63) is 71.8 Å². The zero-order valence-electron chi connectivity index (χ0n) is 16.0. The highest BCUT2D eigenvalue weighted by Gasteiger charge is 2.41. The second-order valence-corrected chi connectivity index (χ2v) is 7.52. The molecule has 3 atom stereocenters. The Kier molecular flexibility index (Phi) is 5.73. The van der Waals surface area contributed by atoms with Gasteiger partial charge in [0.1, 0.15) is 0 Å². The third kappa shape index (κ3) is 4.33. The first kappa shape index (κ1) is 18.1. The van der Waals surface area contributed by atoms with Crippen molar-refractivity contribution in [3.8, 4) is 0 Å². The first-order valence-electron chi connectivity index (χ1n) is 10.1. The largest absolute Gasteiger partial charge is 0.373 e. The summed E-state index contributed by atoms with van der Waals surface area (Å²) in [6, 6.07) is 21.9. The molecule has 2 aromatic carbocycles. The third-order valence-electron chi connectivity index (χ3n) is 5.78. The zero-order chi connectivity index (χ0) is 18.5. The van der Waals surface area contributed by atoms with E-state index in [0.717, 1.165) is 25.3 Å². The first-order chi connectivity index (χ1) is 13.3. The van der Waals surface area contributed by atoms with Crippen molar-refractivity contribution in [3.63, 3.8) is 0 Å². The molecule has 2 aliphatic heterocycles. The van der Waals surface area contributed by atoms with Crippen LogP contribution < -0.4 is 10.6 Å². The fourth-order valence-electron chi connectivity index (χ4n) is 4.39. The smallest absolute Gasteiger partial charge is 0.191 e. The molecule has 0 amide bonds. The highest BCUT2D eigenvalue weighted by molar-refractivity contribution is 5.80. The van der Waals surface area contributed by atoms with E-state index in [0.29, 0.717) is 24.2 Å². The number of nitrogens with zero attached hydrogens (tertiary/aromatic N) is 1. The van der Waals surface area contributed by atoms with E-state index < -0.39 is 0 Å². The molecule has 2 heterocycles. The Morgan fingerprint density at radius 3 is 2.22 bits per heavy atom. The number of aliphatic imine (C=N–C) groups is 1. The maximum atomic E-state index is 5.94. The molecule has 27 heavy (non-hydrogen) atoms. The van der Waals surface area contributed by atoms with Crippen LogP contribution in [0.25, 0.3) is 0 Å². The second kappa shape index (κ2) is 8.57. The lowest BCUT2D eigenvalue weighted by Crippen LogP contribution is -2.47. The Morgan fingerprint density at radius 1 is 1.04 bits per heavy atom. The van der Waals surface area contributed by atoms with Crippen molar-refractivity contribution in [1.29, 1.82) is 0 Å². The molecule has 4 rings (SSSR count). The summed E-state index contributed by atoms with van der Waals surface area (Å²) < 4.78 is 5.94. The number of hydrogen-bond acceptors (Lipinski definition) is 2. The Hall–Kier alpha value is -2.33. The normalized spacial score (nSPS) is 24.4. The van der Waals surface area contributed by atoms with Crippen molar-refractivity contribution in [1.82, 2.24) is 10.6 Å². The Balaban J connectivity index is 1.36. The van der Waals surface area contributed by atoms with Crippen molar-refractivity contribution in [2.24, 2.45) is 4.99 Å². The van der Waals surface area contributed by atoms with Crippen LogP contribution in [0.1, 0.15) is 42.7 Å². The summed E-state index contributed by atoms with van der Waals surface area (Å²) in [5.41, 5.74) is 2.71. The van der Waals surface area contributed by atoms with Gasteiger partial charge in [0.05, 0.1) is 18.2 Å². The summed E-state index contributed by atoms with van der Waals surface area (Å²) in [7, 11) is 1.84. The van der Waals surface area contributed by atoms with Gasteiger partial charge in [0.2, 0.25) is 0 Å². The minimum Gasteiger partial charge on any atom is -0.373 e. The van der Waals surface area contributed by atoms with Gasteiger partial charge >= 0.3 is 0 Å². The summed E-state index contributed by atoms with van der Waals surface area (Å²) in [6.45, 7) is 0.871. The predicted molar refractivity (Wildman–Crippen MR) is 110 cm³/mol. The molecule has 2 N–H and O–H groups in total. The first-order valence-corrected chi connectivity index (χ1v) is 10.1. The maximum Gasteiger partial charge on any atom is 0.191 e. The Labute approximate surface area is 162 Å². The van der Waals surface area contributed by atoms with Gasteiger partial charge < -0.3 is 15.4 Å². The molecule has 0 saturated carbocycles. The van der Waals surface area contributed by atoms with E-state index >= 15 is 0 Å². The van der Waals surface area contributed by atoms with Gasteiger partial charge in [-0.1, -0.05) is 60.7 Å². The van der Waals surface area contributed by atoms with Crippen LogP contribution in [0.4, 0.5) is 0 Å². The van der Waals surface area contributed by atoms with E-state index in [9.17, 15) is 0 Å². The molecule has 4 nitrogen and oxygen atoms in total. The molecule has 2 bridgehead atoms. The van der Waals surface area contributed by atoms with Crippen LogP contribution in [-0.2, 0) is 4.74 Å². The molecular weight excluding hydrogens is 334 g/mol. The topological polar surface area (TPSA) is 45.7 Å². The number of benzene rings is 2. The number of rotatable bonds is 6. The van der Waals surface area contributed by atoms with Crippen LogP contribution in [0.2, 0.25) is 0 Å². The standard InChI is InChI=1S/C23H29N3O/c1-24-23(26-21-16-19-12-13-22(21)27-19)25-15-14-20(17-8-4-2-5-9-17)18-10-6-3-7-11-18/h2-11,19-22H,12-16H2,1H3,(H2,24,25,26). The number of guanidine groups is 1. The highest BCUT2D eigenvalue weighted by atomic mass is 16.5. The Morgan fingerprint density at radius 2 is 1.70 bits per heavy atom. The lowest BCUT2D eigenvalue weighted by molar-refractivity contribution is 0.0992. The molecule has 2 fully saturated rings. The van der Waals surface area contributed by atoms with E-state index in [-0.39, 0.29) is 0 Å². The van der Waals surface area contributed by atoms with Gasteiger partial charge in [0.15, 0.2) is 5.96 Å². The van der Waals surface area contributed by atoms with Gasteiger partial charge in [-0.3, -0.25) is 4.99 Å². The maximum absolute atomic E-state index is 5.94. The van der Waals surface area contributed by atoms with Crippen LogP contribution in [0, 0.1) is 0 Å². The van der Waals surface area contributed by atoms with Gasteiger partial charge in [-0.25, -0.2) is 0 Å². The Bertz CT molecular complexity index is 707. The van der Waals surface area contributed by atoms with Crippen molar-refractivity contribution in [2.75, 3.05) is 13.6 Å². The third-order valence-corrected chi connectivity index (χ3v) is 5.78. The quantitative estimate of drug-likeness (QED) is 0.608. The van der Waals surface area contributed by atoms with Gasteiger partial charge in [-0.2, -0.15) is 0 Å². The minimum atomic E-state index is 0.356. The fraction of sp³-hybridized carbons (Fsp3) is 0.435. The monoisotopic (exact) mass is 363 g/mol.